The molecule has 3 nitrogen and oxygen atoms in total. The van der Waals surface area contributed by atoms with Crippen LogP contribution in [0.4, 0.5) is 0 Å². The van der Waals surface area contributed by atoms with Crippen LogP contribution in [0.1, 0.15) is 22.3 Å². The second kappa shape index (κ2) is 5.72. The molecule has 3 heteroatoms. The second-order valence-electron chi connectivity index (χ2n) is 5.05. The van der Waals surface area contributed by atoms with E-state index < -0.39 is 0 Å². The van der Waals surface area contributed by atoms with E-state index in [9.17, 15) is 0 Å². The Labute approximate surface area is 109 Å². The number of benzene rings is 1. The van der Waals surface area contributed by atoms with Crippen LogP contribution < -0.4 is 10.1 Å². The van der Waals surface area contributed by atoms with Crippen LogP contribution in [0, 0.1) is 20.8 Å². The molecule has 1 aliphatic heterocycles. The molecule has 0 bridgehead atoms. The second-order valence-corrected chi connectivity index (χ2v) is 5.05. The minimum atomic E-state index is 0.434. The summed E-state index contributed by atoms with van der Waals surface area (Å²) in [7, 11) is 1.73. The Bertz CT molecular complexity index is 423. The molecular formula is C15H23NO2. The van der Waals surface area contributed by atoms with Crippen molar-refractivity contribution < 1.29 is 9.47 Å². The van der Waals surface area contributed by atoms with Gasteiger partial charge in [-0.05, 0) is 55.5 Å². The van der Waals surface area contributed by atoms with Crippen LogP contribution in [0.5, 0.6) is 5.75 Å². The SMILES string of the molecule is COc1cc(C)c(CC2COCCN2)c(C)c1C. The lowest BCUT2D eigenvalue weighted by Gasteiger charge is -2.26. The molecule has 0 aliphatic carbocycles. The molecule has 1 unspecified atom stereocenters. The third-order valence-electron chi connectivity index (χ3n) is 3.88. The molecule has 1 atom stereocenters. The summed E-state index contributed by atoms with van der Waals surface area (Å²) < 4.78 is 10.9. The highest BCUT2D eigenvalue weighted by atomic mass is 16.5. The average Bonchev–Trinajstić information content (AvgIpc) is 2.40. The van der Waals surface area contributed by atoms with Gasteiger partial charge in [0.2, 0.25) is 0 Å². The number of hydrogen-bond acceptors (Lipinski definition) is 3. The third-order valence-corrected chi connectivity index (χ3v) is 3.88. The van der Waals surface area contributed by atoms with Gasteiger partial charge in [-0.15, -0.1) is 0 Å². The van der Waals surface area contributed by atoms with E-state index in [1.807, 2.05) is 0 Å². The maximum absolute atomic E-state index is 5.52. The van der Waals surface area contributed by atoms with E-state index in [0.29, 0.717) is 6.04 Å². The highest BCUT2D eigenvalue weighted by Gasteiger charge is 2.17. The fourth-order valence-electron chi connectivity index (χ4n) is 2.62. The zero-order chi connectivity index (χ0) is 13.1. The van der Waals surface area contributed by atoms with E-state index in [0.717, 1.165) is 31.9 Å². The summed E-state index contributed by atoms with van der Waals surface area (Å²) in [6.45, 7) is 9.07. The molecule has 100 valence electrons. The van der Waals surface area contributed by atoms with Crippen molar-refractivity contribution in [3.8, 4) is 5.75 Å². The van der Waals surface area contributed by atoms with Gasteiger partial charge >= 0.3 is 0 Å². The zero-order valence-corrected chi connectivity index (χ0v) is 11.8. The molecule has 0 amide bonds. The number of ether oxygens (including phenoxy) is 2. The molecule has 1 aromatic carbocycles. The Morgan fingerprint density at radius 3 is 2.72 bits per heavy atom. The molecule has 1 aromatic rings. The first-order chi connectivity index (χ1) is 8.63. The van der Waals surface area contributed by atoms with Crippen molar-refractivity contribution in [2.75, 3.05) is 26.9 Å². The minimum absolute atomic E-state index is 0.434. The molecule has 1 fully saturated rings. The van der Waals surface area contributed by atoms with E-state index in [4.69, 9.17) is 9.47 Å². The van der Waals surface area contributed by atoms with Crippen LogP contribution in [0.15, 0.2) is 6.07 Å². The van der Waals surface area contributed by atoms with Crippen molar-refractivity contribution in [2.45, 2.75) is 33.2 Å². The Kier molecular flexibility index (Phi) is 4.25. The van der Waals surface area contributed by atoms with Crippen LogP contribution in [0.2, 0.25) is 0 Å². The number of hydrogen-bond donors (Lipinski definition) is 1. The van der Waals surface area contributed by atoms with Crippen molar-refractivity contribution in [2.24, 2.45) is 0 Å². The largest absolute Gasteiger partial charge is 0.496 e. The maximum Gasteiger partial charge on any atom is 0.122 e. The van der Waals surface area contributed by atoms with Gasteiger partial charge in [0.25, 0.3) is 0 Å². The lowest BCUT2D eigenvalue weighted by molar-refractivity contribution is 0.0769. The minimum Gasteiger partial charge on any atom is -0.496 e. The van der Waals surface area contributed by atoms with Gasteiger partial charge in [-0.3, -0.25) is 0 Å². The van der Waals surface area contributed by atoms with Crippen LogP contribution in [-0.4, -0.2) is 32.9 Å². The fourth-order valence-corrected chi connectivity index (χ4v) is 2.62. The number of methoxy groups -OCH3 is 1. The van der Waals surface area contributed by atoms with Crippen LogP contribution in [0.25, 0.3) is 0 Å². The molecule has 0 aromatic heterocycles. The zero-order valence-electron chi connectivity index (χ0n) is 11.8. The number of nitrogens with one attached hydrogen (secondary N) is 1. The molecule has 0 saturated carbocycles. The van der Waals surface area contributed by atoms with E-state index in [-0.39, 0.29) is 0 Å². The Morgan fingerprint density at radius 2 is 2.11 bits per heavy atom. The van der Waals surface area contributed by atoms with Gasteiger partial charge in [0, 0.05) is 12.6 Å². The average molecular weight is 249 g/mol. The van der Waals surface area contributed by atoms with Crippen molar-refractivity contribution in [3.05, 3.63) is 28.3 Å². The Morgan fingerprint density at radius 1 is 1.33 bits per heavy atom. The van der Waals surface area contributed by atoms with Crippen molar-refractivity contribution in [1.82, 2.24) is 5.32 Å². The summed E-state index contributed by atoms with van der Waals surface area (Å²) in [6.07, 6.45) is 1.03. The van der Waals surface area contributed by atoms with Crippen LogP contribution in [0.3, 0.4) is 0 Å². The Hall–Kier alpha value is -1.06. The summed E-state index contributed by atoms with van der Waals surface area (Å²) in [4.78, 5) is 0. The van der Waals surface area contributed by atoms with Crippen molar-refractivity contribution >= 4 is 0 Å². The summed E-state index contributed by atoms with van der Waals surface area (Å²) in [5.41, 5.74) is 5.33. The van der Waals surface area contributed by atoms with Crippen LogP contribution in [-0.2, 0) is 11.2 Å². The number of aryl methyl sites for hydroxylation is 1. The first-order valence-corrected chi connectivity index (χ1v) is 6.58. The molecule has 1 heterocycles. The number of morpholine rings is 1. The topological polar surface area (TPSA) is 30.5 Å². The lowest BCUT2D eigenvalue weighted by atomic mass is 9.92. The monoisotopic (exact) mass is 249 g/mol. The first-order valence-electron chi connectivity index (χ1n) is 6.58. The summed E-state index contributed by atoms with van der Waals surface area (Å²) in [6, 6.07) is 2.57. The molecule has 1 N–H and O–H groups in total. The predicted molar refractivity (Wildman–Crippen MR) is 73.5 cm³/mol. The number of rotatable bonds is 3. The summed E-state index contributed by atoms with van der Waals surface area (Å²) in [5.74, 6) is 0.988. The molecule has 1 saturated heterocycles. The normalized spacial score (nSPS) is 19.9. The van der Waals surface area contributed by atoms with Crippen LogP contribution >= 0.6 is 0 Å². The van der Waals surface area contributed by atoms with Gasteiger partial charge in [-0.2, -0.15) is 0 Å². The molecular weight excluding hydrogens is 226 g/mol. The van der Waals surface area contributed by atoms with Gasteiger partial charge in [0.1, 0.15) is 5.75 Å². The standard InChI is InChI=1S/C15H23NO2/c1-10-7-15(17-4)12(3)11(2)14(10)8-13-9-18-6-5-16-13/h7,13,16H,5-6,8-9H2,1-4H3. The molecule has 18 heavy (non-hydrogen) atoms. The third kappa shape index (κ3) is 2.68. The molecule has 2 rings (SSSR count). The molecule has 0 radical (unpaired) electrons. The van der Waals surface area contributed by atoms with E-state index in [1.165, 1.54) is 22.3 Å². The van der Waals surface area contributed by atoms with Crippen molar-refractivity contribution in [1.29, 1.82) is 0 Å². The van der Waals surface area contributed by atoms with Crippen molar-refractivity contribution in [3.63, 3.8) is 0 Å². The lowest BCUT2D eigenvalue weighted by Crippen LogP contribution is -2.42. The van der Waals surface area contributed by atoms with E-state index in [2.05, 4.69) is 32.2 Å². The van der Waals surface area contributed by atoms with Gasteiger partial charge < -0.3 is 14.8 Å². The van der Waals surface area contributed by atoms with Gasteiger partial charge in [-0.1, -0.05) is 0 Å². The predicted octanol–water partition coefficient (Wildman–Crippen LogP) is 2.15. The van der Waals surface area contributed by atoms with Gasteiger partial charge in [0.15, 0.2) is 0 Å². The van der Waals surface area contributed by atoms with Gasteiger partial charge in [0.05, 0.1) is 20.3 Å². The summed E-state index contributed by atoms with van der Waals surface area (Å²) in [5, 5.41) is 3.51. The first kappa shape index (κ1) is 13.4. The highest BCUT2D eigenvalue weighted by molar-refractivity contribution is 5.48. The molecule has 1 aliphatic rings. The quantitative estimate of drug-likeness (QED) is 0.890. The smallest absolute Gasteiger partial charge is 0.122 e. The summed E-state index contributed by atoms with van der Waals surface area (Å²) >= 11 is 0. The fraction of sp³-hybridized carbons (Fsp3) is 0.600. The highest BCUT2D eigenvalue weighted by Crippen LogP contribution is 2.28. The maximum atomic E-state index is 5.52. The Balaban J connectivity index is 2.24. The van der Waals surface area contributed by atoms with E-state index in [1.54, 1.807) is 7.11 Å². The van der Waals surface area contributed by atoms with Gasteiger partial charge in [-0.25, -0.2) is 0 Å². The molecule has 0 spiro atoms. The van der Waals surface area contributed by atoms with E-state index >= 15 is 0 Å².